The van der Waals surface area contributed by atoms with Crippen molar-refractivity contribution in [1.82, 2.24) is 4.98 Å². The lowest BCUT2D eigenvalue weighted by Crippen LogP contribution is -2.35. The Labute approximate surface area is 109 Å². The topological polar surface area (TPSA) is 42.2 Å². The summed E-state index contributed by atoms with van der Waals surface area (Å²) in [5, 5.41) is 0. The van der Waals surface area contributed by atoms with Crippen LogP contribution in [0.25, 0.3) is 0 Å². The predicted molar refractivity (Wildman–Crippen MR) is 77.6 cm³/mol. The molecule has 4 heteroatoms. The largest absolute Gasteiger partial charge is 0.389 e. The van der Waals surface area contributed by atoms with E-state index in [1.54, 1.807) is 0 Å². The van der Waals surface area contributed by atoms with Crippen LogP contribution in [0.3, 0.4) is 0 Å². The van der Waals surface area contributed by atoms with Gasteiger partial charge in [0.1, 0.15) is 10.8 Å². The van der Waals surface area contributed by atoms with Crippen LogP contribution in [-0.4, -0.2) is 22.6 Å². The molecule has 17 heavy (non-hydrogen) atoms. The molecule has 0 fully saturated rings. The van der Waals surface area contributed by atoms with Gasteiger partial charge in [-0.3, -0.25) is 0 Å². The number of pyridine rings is 1. The van der Waals surface area contributed by atoms with Crippen LogP contribution in [0, 0.1) is 6.92 Å². The summed E-state index contributed by atoms with van der Waals surface area (Å²) in [6.45, 7) is 9.41. The van der Waals surface area contributed by atoms with E-state index in [9.17, 15) is 0 Å². The lowest BCUT2D eigenvalue weighted by Gasteiger charge is -2.30. The zero-order chi connectivity index (χ0) is 13.0. The number of hydrogen-bond donors (Lipinski definition) is 1. The highest BCUT2D eigenvalue weighted by Crippen LogP contribution is 2.23. The summed E-state index contributed by atoms with van der Waals surface area (Å²) < 4.78 is 0. The van der Waals surface area contributed by atoms with Crippen LogP contribution in [0.15, 0.2) is 12.3 Å². The molecule has 0 amide bonds. The molecule has 0 aliphatic carbocycles. The van der Waals surface area contributed by atoms with E-state index < -0.39 is 0 Å². The molecule has 0 saturated heterocycles. The fraction of sp³-hybridized carbons (Fsp3) is 0.538. The van der Waals surface area contributed by atoms with Gasteiger partial charge in [0, 0.05) is 18.8 Å². The number of aryl methyl sites for hydroxylation is 1. The van der Waals surface area contributed by atoms with Crippen molar-refractivity contribution >= 4 is 23.0 Å². The Kier molecular flexibility index (Phi) is 4.87. The van der Waals surface area contributed by atoms with E-state index in [2.05, 4.69) is 30.7 Å². The normalized spacial score (nSPS) is 12.2. The predicted octanol–water partition coefficient (Wildman–Crippen LogP) is 2.65. The maximum atomic E-state index is 5.81. The van der Waals surface area contributed by atoms with Gasteiger partial charge in [-0.05, 0) is 38.8 Å². The molecule has 3 nitrogen and oxygen atoms in total. The van der Waals surface area contributed by atoms with Gasteiger partial charge in [0.15, 0.2) is 0 Å². The first-order chi connectivity index (χ1) is 8.02. The molecule has 0 spiro atoms. The summed E-state index contributed by atoms with van der Waals surface area (Å²) in [5.41, 5.74) is 7.81. The van der Waals surface area contributed by atoms with E-state index in [-0.39, 0.29) is 0 Å². The number of rotatable bonds is 5. The Morgan fingerprint density at radius 1 is 1.53 bits per heavy atom. The zero-order valence-corrected chi connectivity index (χ0v) is 11.8. The monoisotopic (exact) mass is 251 g/mol. The minimum Gasteiger partial charge on any atom is -0.389 e. The summed E-state index contributed by atoms with van der Waals surface area (Å²) in [4.78, 5) is 7.13. The number of aromatic nitrogens is 1. The second-order valence-electron chi connectivity index (χ2n) is 4.23. The Hall–Kier alpha value is -1.16. The Balaban J connectivity index is 3.28. The van der Waals surface area contributed by atoms with E-state index in [0.717, 1.165) is 29.9 Å². The van der Waals surface area contributed by atoms with Crippen LogP contribution in [0.4, 0.5) is 5.82 Å². The molecule has 2 N–H and O–H groups in total. The molecule has 0 aromatic carbocycles. The van der Waals surface area contributed by atoms with Gasteiger partial charge in [-0.15, -0.1) is 0 Å². The molecular formula is C13H21N3S. The first kappa shape index (κ1) is 13.9. The van der Waals surface area contributed by atoms with E-state index in [1.165, 1.54) is 0 Å². The van der Waals surface area contributed by atoms with E-state index in [4.69, 9.17) is 18.0 Å². The highest BCUT2D eigenvalue weighted by Gasteiger charge is 2.18. The first-order valence-electron chi connectivity index (χ1n) is 6.04. The maximum Gasteiger partial charge on any atom is 0.139 e. The van der Waals surface area contributed by atoms with Crippen LogP contribution in [0.1, 0.15) is 38.3 Å². The Morgan fingerprint density at radius 2 is 2.18 bits per heavy atom. The van der Waals surface area contributed by atoms with Crippen molar-refractivity contribution in [3.8, 4) is 0 Å². The van der Waals surface area contributed by atoms with Gasteiger partial charge in [0.25, 0.3) is 0 Å². The second kappa shape index (κ2) is 5.96. The molecule has 0 aliphatic rings. The average molecular weight is 251 g/mol. The standard InChI is InChI=1S/C13H21N3S/c1-5-10(4)16(6-2)13-11(12(14)17)9(3)7-8-15-13/h7-8,10H,5-6H2,1-4H3,(H2,14,17). The number of nitrogens with two attached hydrogens (primary N) is 1. The summed E-state index contributed by atoms with van der Waals surface area (Å²) in [5.74, 6) is 0.911. The Bertz CT molecular complexity index is 404. The molecule has 1 heterocycles. The average Bonchev–Trinajstić information content (AvgIpc) is 2.29. The third kappa shape index (κ3) is 2.94. The fourth-order valence-corrected chi connectivity index (χ4v) is 2.21. The number of nitrogens with zero attached hydrogens (tertiary/aromatic N) is 2. The van der Waals surface area contributed by atoms with Crippen LogP contribution < -0.4 is 10.6 Å². The molecule has 94 valence electrons. The number of hydrogen-bond acceptors (Lipinski definition) is 3. The molecule has 0 radical (unpaired) electrons. The minimum absolute atomic E-state index is 0.423. The number of anilines is 1. The zero-order valence-electron chi connectivity index (χ0n) is 11.0. The van der Waals surface area contributed by atoms with Gasteiger partial charge in [-0.1, -0.05) is 19.1 Å². The van der Waals surface area contributed by atoms with E-state index in [0.29, 0.717) is 11.0 Å². The van der Waals surface area contributed by atoms with Crippen molar-refractivity contribution < 1.29 is 0 Å². The highest BCUT2D eigenvalue weighted by atomic mass is 32.1. The fourth-order valence-electron chi connectivity index (χ4n) is 1.96. The quantitative estimate of drug-likeness (QED) is 0.817. The van der Waals surface area contributed by atoms with E-state index in [1.807, 2.05) is 19.2 Å². The van der Waals surface area contributed by atoms with Gasteiger partial charge in [-0.25, -0.2) is 4.98 Å². The molecule has 1 aromatic rings. The molecule has 0 aliphatic heterocycles. The third-order valence-electron chi connectivity index (χ3n) is 3.12. The van der Waals surface area contributed by atoms with Crippen LogP contribution >= 0.6 is 12.2 Å². The van der Waals surface area contributed by atoms with E-state index >= 15 is 0 Å². The third-order valence-corrected chi connectivity index (χ3v) is 3.33. The summed E-state index contributed by atoms with van der Waals surface area (Å²) >= 11 is 5.14. The van der Waals surface area contributed by atoms with Crippen molar-refractivity contribution in [3.63, 3.8) is 0 Å². The molecule has 1 rings (SSSR count). The summed E-state index contributed by atoms with van der Waals surface area (Å²) in [6, 6.07) is 2.38. The van der Waals surface area contributed by atoms with Crippen LogP contribution in [-0.2, 0) is 0 Å². The Morgan fingerprint density at radius 3 is 2.65 bits per heavy atom. The number of thiocarbonyl (C=S) groups is 1. The highest BCUT2D eigenvalue weighted by molar-refractivity contribution is 7.80. The lowest BCUT2D eigenvalue weighted by atomic mass is 10.1. The van der Waals surface area contributed by atoms with Crippen molar-refractivity contribution in [2.45, 2.75) is 40.2 Å². The molecule has 1 aromatic heterocycles. The van der Waals surface area contributed by atoms with Crippen LogP contribution in [0.5, 0.6) is 0 Å². The molecule has 0 bridgehead atoms. The molecule has 1 unspecified atom stereocenters. The molecule has 1 atom stereocenters. The van der Waals surface area contributed by atoms with Crippen LogP contribution in [0.2, 0.25) is 0 Å². The van der Waals surface area contributed by atoms with Crippen molar-refractivity contribution in [3.05, 3.63) is 23.4 Å². The van der Waals surface area contributed by atoms with Crippen molar-refractivity contribution in [2.24, 2.45) is 5.73 Å². The smallest absolute Gasteiger partial charge is 0.139 e. The summed E-state index contributed by atoms with van der Waals surface area (Å²) in [6.07, 6.45) is 2.89. The van der Waals surface area contributed by atoms with Gasteiger partial charge >= 0.3 is 0 Å². The van der Waals surface area contributed by atoms with Crippen molar-refractivity contribution in [2.75, 3.05) is 11.4 Å². The SMILES string of the molecule is CCC(C)N(CC)c1nccc(C)c1C(N)=S. The first-order valence-corrected chi connectivity index (χ1v) is 6.45. The second-order valence-corrected chi connectivity index (χ2v) is 4.67. The minimum atomic E-state index is 0.423. The van der Waals surface area contributed by atoms with Gasteiger partial charge in [0.05, 0.1) is 5.56 Å². The maximum absolute atomic E-state index is 5.81. The van der Waals surface area contributed by atoms with Gasteiger partial charge in [-0.2, -0.15) is 0 Å². The molecular weight excluding hydrogens is 230 g/mol. The summed E-state index contributed by atoms with van der Waals surface area (Å²) in [7, 11) is 0. The van der Waals surface area contributed by atoms with Crippen molar-refractivity contribution in [1.29, 1.82) is 0 Å². The van der Waals surface area contributed by atoms with Gasteiger partial charge in [0.2, 0.25) is 0 Å². The lowest BCUT2D eigenvalue weighted by molar-refractivity contribution is 0.622. The molecule has 0 saturated carbocycles. The van der Waals surface area contributed by atoms with Gasteiger partial charge < -0.3 is 10.6 Å².